The molecule has 5 rings (SSSR count). The number of allylic oxidation sites excluding steroid dienone is 1. The highest BCUT2D eigenvalue weighted by molar-refractivity contribution is 6.63. The maximum absolute atomic E-state index is 6.38. The molecule has 4 nitrogen and oxygen atoms in total. The molecule has 0 atom stereocenters. The van der Waals surface area contributed by atoms with Crippen molar-refractivity contribution in [3.8, 4) is 5.69 Å². The minimum absolute atomic E-state index is 0.368. The number of benzene rings is 1. The van der Waals surface area contributed by atoms with Gasteiger partial charge < -0.3 is 13.9 Å². The first kappa shape index (κ1) is 17.7. The summed E-state index contributed by atoms with van der Waals surface area (Å²) in [5.74, 6) is 0. The molecule has 0 spiro atoms. The molecule has 3 heterocycles. The Labute approximate surface area is 166 Å². The van der Waals surface area contributed by atoms with Crippen LogP contribution in [0.15, 0.2) is 48.8 Å². The smallest absolute Gasteiger partial charge is 0.399 e. The van der Waals surface area contributed by atoms with Crippen molar-refractivity contribution < 1.29 is 9.31 Å². The molecule has 1 aliphatic carbocycles. The molecule has 0 amide bonds. The molecular formula is C23H25BN2O2. The van der Waals surface area contributed by atoms with E-state index in [-0.39, 0.29) is 11.2 Å². The second-order valence-corrected chi connectivity index (χ2v) is 8.68. The van der Waals surface area contributed by atoms with E-state index >= 15 is 0 Å². The summed E-state index contributed by atoms with van der Waals surface area (Å²) in [5, 5.41) is 1.23. The van der Waals surface area contributed by atoms with Crippen LogP contribution in [0.2, 0.25) is 0 Å². The number of aryl methyl sites for hydroxylation is 1. The quantitative estimate of drug-likeness (QED) is 0.630. The lowest BCUT2D eigenvalue weighted by atomic mass is 9.77. The first-order chi connectivity index (χ1) is 13.4. The van der Waals surface area contributed by atoms with Gasteiger partial charge in [-0.2, -0.15) is 0 Å². The molecule has 28 heavy (non-hydrogen) atoms. The fraction of sp³-hybridized carbons (Fsp3) is 0.348. The highest BCUT2D eigenvalue weighted by Gasteiger charge is 2.52. The maximum atomic E-state index is 6.38. The van der Waals surface area contributed by atoms with E-state index in [1.807, 2.05) is 12.4 Å². The SMILES string of the molecule is CC1(C)OB(c2ccccc2-n2c3c(c4cnccc42)CCC=C3)OC1(C)C. The molecular weight excluding hydrogens is 347 g/mol. The fourth-order valence-corrected chi connectivity index (χ4v) is 4.20. The Hall–Kier alpha value is -2.37. The Bertz CT molecular complexity index is 1080. The Kier molecular flexibility index (Phi) is 3.84. The summed E-state index contributed by atoms with van der Waals surface area (Å²) in [6.07, 6.45) is 10.5. The Morgan fingerprint density at radius 2 is 1.79 bits per heavy atom. The maximum Gasteiger partial charge on any atom is 0.496 e. The van der Waals surface area contributed by atoms with Crippen molar-refractivity contribution in [2.75, 3.05) is 0 Å². The summed E-state index contributed by atoms with van der Waals surface area (Å²) in [6, 6.07) is 10.5. The van der Waals surface area contributed by atoms with Gasteiger partial charge >= 0.3 is 7.12 Å². The van der Waals surface area contributed by atoms with Gasteiger partial charge in [0.15, 0.2) is 0 Å². The predicted octanol–water partition coefficient (Wildman–Crippen LogP) is 4.28. The molecule has 1 aliphatic heterocycles. The minimum Gasteiger partial charge on any atom is -0.399 e. The first-order valence-electron chi connectivity index (χ1n) is 9.98. The van der Waals surface area contributed by atoms with Gasteiger partial charge in [0.05, 0.1) is 16.7 Å². The number of hydrogen-bond acceptors (Lipinski definition) is 3. The van der Waals surface area contributed by atoms with Crippen LogP contribution < -0.4 is 5.46 Å². The second-order valence-electron chi connectivity index (χ2n) is 8.68. The van der Waals surface area contributed by atoms with Crippen LogP contribution in [0.1, 0.15) is 45.4 Å². The van der Waals surface area contributed by atoms with Crippen LogP contribution in [0.4, 0.5) is 0 Å². The summed E-state index contributed by atoms with van der Waals surface area (Å²) in [4.78, 5) is 4.38. The number of aromatic nitrogens is 2. The van der Waals surface area contributed by atoms with Crippen molar-refractivity contribution in [2.24, 2.45) is 0 Å². The monoisotopic (exact) mass is 372 g/mol. The predicted molar refractivity (Wildman–Crippen MR) is 114 cm³/mol. The van der Waals surface area contributed by atoms with Crippen molar-refractivity contribution in [2.45, 2.75) is 51.7 Å². The molecule has 2 aromatic heterocycles. The Morgan fingerprint density at radius 3 is 2.57 bits per heavy atom. The Balaban J connectivity index is 1.73. The first-order valence-corrected chi connectivity index (χ1v) is 9.98. The number of fused-ring (bicyclic) bond motifs is 3. The number of hydrogen-bond donors (Lipinski definition) is 0. The third-order valence-corrected chi connectivity index (χ3v) is 6.44. The highest BCUT2D eigenvalue weighted by atomic mass is 16.7. The van der Waals surface area contributed by atoms with E-state index in [9.17, 15) is 0 Å². The molecule has 0 unspecified atom stereocenters. The molecule has 0 bridgehead atoms. The molecule has 1 aromatic carbocycles. The van der Waals surface area contributed by atoms with E-state index < -0.39 is 7.12 Å². The van der Waals surface area contributed by atoms with Crippen molar-refractivity contribution in [1.29, 1.82) is 0 Å². The molecule has 0 N–H and O–H groups in total. The van der Waals surface area contributed by atoms with Gasteiger partial charge in [-0.1, -0.05) is 24.3 Å². The molecule has 1 fully saturated rings. The third kappa shape index (κ3) is 2.50. The zero-order valence-electron chi connectivity index (χ0n) is 16.9. The normalized spacial score (nSPS) is 19.9. The summed E-state index contributed by atoms with van der Waals surface area (Å²) < 4.78 is 15.1. The fourth-order valence-electron chi connectivity index (χ4n) is 4.20. The minimum atomic E-state index is -0.399. The van der Waals surface area contributed by atoms with Crippen molar-refractivity contribution in [3.63, 3.8) is 0 Å². The summed E-state index contributed by atoms with van der Waals surface area (Å²) in [5.41, 5.74) is 5.20. The van der Waals surface area contributed by atoms with Crippen LogP contribution in [0.25, 0.3) is 22.7 Å². The van der Waals surface area contributed by atoms with Gasteiger partial charge in [-0.3, -0.25) is 4.98 Å². The lowest BCUT2D eigenvalue weighted by molar-refractivity contribution is 0.00578. The highest BCUT2D eigenvalue weighted by Crippen LogP contribution is 2.38. The van der Waals surface area contributed by atoms with Gasteiger partial charge in [0, 0.05) is 34.6 Å². The van der Waals surface area contributed by atoms with E-state index in [0.717, 1.165) is 24.0 Å². The molecule has 2 aliphatic rings. The van der Waals surface area contributed by atoms with Crippen LogP contribution in [0.5, 0.6) is 0 Å². The van der Waals surface area contributed by atoms with Crippen LogP contribution in [-0.4, -0.2) is 27.9 Å². The van der Waals surface area contributed by atoms with Crippen molar-refractivity contribution >= 4 is 29.6 Å². The van der Waals surface area contributed by atoms with Gasteiger partial charge in [-0.25, -0.2) is 0 Å². The summed E-state index contributed by atoms with van der Waals surface area (Å²) in [6.45, 7) is 8.38. The zero-order valence-corrected chi connectivity index (χ0v) is 16.9. The number of nitrogens with zero attached hydrogens (tertiary/aromatic N) is 2. The zero-order chi connectivity index (χ0) is 19.5. The van der Waals surface area contributed by atoms with E-state index in [4.69, 9.17) is 9.31 Å². The van der Waals surface area contributed by atoms with Crippen molar-refractivity contribution in [3.05, 3.63) is 60.1 Å². The van der Waals surface area contributed by atoms with E-state index in [1.165, 1.54) is 22.2 Å². The van der Waals surface area contributed by atoms with Gasteiger partial charge in [0.1, 0.15) is 0 Å². The van der Waals surface area contributed by atoms with Crippen LogP contribution in [0.3, 0.4) is 0 Å². The van der Waals surface area contributed by atoms with Crippen LogP contribution in [-0.2, 0) is 15.7 Å². The lowest BCUT2D eigenvalue weighted by Crippen LogP contribution is -2.41. The Morgan fingerprint density at radius 1 is 1.04 bits per heavy atom. The average Bonchev–Trinajstić information content (AvgIpc) is 3.12. The molecule has 3 aromatic rings. The molecule has 0 saturated carbocycles. The van der Waals surface area contributed by atoms with Gasteiger partial charge in [0.2, 0.25) is 0 Å². The van der Waals surface area contributed by atoms with Gasteiger partial charge in [-0.05, 0) is 64.3 Å². The molecule has 142 valence electrons. The summed E-state index contributed by atoms with van der Waals surface area (Å²) >= 11 is 0. The molecule has 1 saturated heterocycles. The van der Waals surface area contributed by atoms with Crippen molar-refractivity contribution in [1.82, 2.24) is 9.55 Å². The lowest BCUT2D eigenvalue weighted by Gasteiger charge is -2.32. The number of para-hydroxylation sites is 1. The van der Waals surface area contributed by atoms with E-state index in [1.54, 1.807) is 0 Å². The summed E-state index contributed by atoms with van der Waals surface area (Å²) in [7, 11) is -0.399. The van der Waals surface area contributed by atoms with Gasteiger partial charge in [-0.15, -0.1) is 0 Å². The van der Waals surface area contributed by atoms with E-state index in [0.29, 0.717) is 0 Å². The standard InChI is InChI=1S/C23H25BN2O2/c1-22(2)23(3,4)28-24(27-22)18-10-6-8-12-21(18)26-19-11-7-5-9-16(19)17-15-25-14-13-20(17)26/h6-8,10-15H,5,9H2,1-4H3. The van der Waals surface area contributed by atoms with Gasteiger partial charge in [0.25, 0.3) is 0 Å². The van der Waals surface area contributed by atoms with Crippen LogP contribution >= 0.6 is 0 Å². The molecule has 0 radical (unpaired) electrons. The molecule has 5 heteroatoms. The third-order valence-electron chi connectivity index (χ3n) is 6.44. The second kappa shape index (κ2) is 6.06. The van der Waals surface area contributed by atoms with E-state index in [2.05, 4.69) is 79.7 Å². The van der Waals surface area contributed by atoms with Crippen LogP contribution in [0, 0.1) is 0 Å². The topological polar surface area (TPSA) is 36.3 Å². The number of rotatable bonds is 2. The number of pyridine rings is 1. The largest absolute Gasteiger partial charge is 0.496 e. The average molecular weight is 372 g/mol.